The second-order valence-corrected chi connectivity index (χ2v) is 26.1. The topological polar surface area (TPSA) is 469 Å². The number of hydrogen-bond donors (Lipinski definition) is 14. The average molecular weight is 1320 g/mol. The molecule has 11 amide bonds. The van der Waals surface area contributed by atoms with E-state index < -0.39 is 156 Å². The minimum atomic E-state index is -1.68. The molecule has 0 radical (unpaired) electrons. The second-order valence-electron chi connectivity index (χ2n) is 26.1. The fraction of sp³-hybridized carbons (Fsp3) is 0.667. The van der Waals surface area contributed by atoms with Crippen LogP contribution in [0.4, 0.5) is 0 Å². The number of aliphatic hydroxyl groups excluding tert-OH is 2. The minimum absolute atomic E-state index is 0.0122. The summed E-state index contributed by atoms with van der Waals surface area (Å²) in [4.78, 5) is 180. The maximum absolute atomic E-state index is 15.0. The average Bonchev–Trinajstić information content (AvgIpc) is 1.64. The zero-order valence-electron chi connectivity index (χ0n) is 55.1. The highest BCUT2D eigenvalue weighted by Gasteiger charge is 2.48. The summed E-state index contributed by atoms with van der Waals surface area (Å²) >= 11 is 0. The monoisotopic (exact) mass is 1320 g/mol. The summed E-state index contributed by atoms with van der Waals surface area (Å²) in [5, 5.41) is 50.3. The number of para-hydroxylation sites is 1. The Balaban J connectivity index is 1.19. The first-order valence-electron chi connectivity index (χ1n) is 32.7. The van der Waals surface area contributed by atoms with Gasteiger partial charge in [0.05, 0.1) is 18.2 Å². The Bertz CT molecular complexity index is 3090. The molecular weight excluding hydrogens is 1220 g/mol. The number of carbonyl (C=O) groups is 12. The van der Waals surface area contributed by atoms with Crippen molar-refractivity contribution in [3.05, 3.63) is 36.0 Å². The predicted octanol–water partition coefficient (Wildman–Crippen LogP) is -2.57. The fourth-order valence-corrected chi connectivity index (χ4v) is 12.7. The third-order valence-corrected chi connectivity index (χ3v) is 17.5. The lowest BCUT2D eigenvalue weighted by molar-refractivity contribution is -0.152. The molecule has 2 aromatic rings. The van der Waals surface area contributed by atoms with Crippen LogP contribution in [0, 0.1) is 11.8 Å². The summed E-state index contributed by atoms with van der Waals surface area (Å²) in [6.07, 6.45) is 1.52. The van der Waals surface area contributed by atoms with Gasteiger partial charge in [0.25, 0.3) is 0 Å². The third-order valence-electron chi connectivity index (χ3n) is 17.5. The van der Waals surface area contributed by atoms with Crippen LogP contribution in [0.5, 0.6) is 0 Å². The Hall–Kier alpha value is -8.45. The Morgan fingerprint density at radius 2 is 1.02 bits per heavy atom. The number of aromatic amines is 1. The van der Waals surface area contributed by atoms with Gasteiger partial charge in [-0.25, -0.2) is 4.79 Å². The normalized spacial score (nSPS) is 21.2. The Labute approximate surface area is 546 Å². The van der Waals surface area contributed by atoms with Crippen LogP contribution in [0.25, 0.3) is 10.9 Å². The van der Waals surface area contributed by atoms with E-state index in [9.17, 15) is 72.9 Å². The van der Waals surface area contributed by atoms with Crippen LogP contribution in [0.15, 0.2) is 35.5 Å². The largest absolute Gasteiger partial charge is 0.480 e. The van der Waals surface area contributed by atoms with Crippen molar-refractivity contribution in [3.8, 4) is 0 Å². The van der Waals surface area contributed by atoms with E-state index in [0.717, 1.165) is 15.8 Å². The zero-order valence-corrected chi connectivity index (χ0v) is 55.1. The number of benzene rings is 1. The summed E-state index contributed by atoms with van der Waals surface area (Å²) in [6, 6.07) is -7.57. The van der Waals surface area contributed by atoms with Gasteiger partial charge in [0.15, 0.2) is 5.96 Å². The van der Waals surface area contributed by atoms with E-state index in [1.807, 2.05) is 38.1 Å². The molecule has 17 N–H and O–H groups in total. The number of H-pyrrole nitrogens is 1. The maximum atomic E-state index is 15.0. The standard InChI is InChI=1S/C63H98N16O15/c1-32(2)28-42(53(84)70-41(18-11-23-67-63(65)66)52(83)74-49(36(7)80)57(88)69-35(6)58(89)79-27-15-22-48(79)62(93)94)71-54(85)43(29-33(3)4)72-55(86)44(30-38-31-68-40-17-10-9-16-39(38)40)73-56(87)45-19-12-24-76(45)59(90)46-20-13-25-77(46)60(91)47-21-14-26-78(47)61(92)50(37(8)81)75-51(82)34(5)64/h9-10,16-17,31-37,41-50,68,80-81H,11-15,18-30,64H2,1-8H3,(H,69,88)(H,70,84)(H,71,85)(H,72,86)(H,73,87)(H,74,83)(H,75,82)(H,93,94)(H4,65,66,67)/t34-,35-,36+,37+,41-,42-,43-,44-,45-,46-,47-,48-,49-,50-/m0/s1. The van der Waals surface area contributed by atoms with Crippen molar-refractivity contribution < 1.29 is 72.9 Å². The number of aromatic nitrogens is 1. The SMILES string of the molecule is CC(C)C[C@H](NC(=O)[C@H](CC(C)C)NC(=O)[C@H](Cc1c[nH]c2ccccc12)NC(=O)[C@@H]1CCCN1C(=O)[C@@H]1CCCN1C(=O)[C@@H]1CCCN1C(=O)[C@@H](NC(=O)[C@H](C)N)[C@@H](C)O)C(=O)N[C@@H](CCCN=C(N)N)C(=O)N[C@H](C(=O)N[C@@H](C)C(=O)N1CCC[C@H]1C(=O)O)[C@@H](C)O. The lowest BCUT2D eigenvalue weighted by Crippen LogP contribution is -2.61. The van der Waals surface area contributed by atoms with Crippen molar-refractivity contribution in [1.29, 1.82) is 0 Å². The van der Waals surface area contributed by atoms with Gasteiger partial charge in [-0.2, -0.15) is 0 Å². The van der Waals surface area contributed by atoms with E-state index in [-0.39, 0.29) is 108 Å². The number of nitrogens with one attached hydrogen (secondary N) is 8. The Kier molecular flexibility index (Phi) is 27.1. The molecule has 6 rings (SSSR count). The highest BCUT2D eigenvalue weighted by molar-refractivity contribution is 6.00. The molecule has 5 heterocycles. The number of rotatable bonds is 31. The van der Waals surface area contributed by atoms with Crippen molar-refractivity contribution >= 4 is 87.8 Å². The van der Waals surface area contributed by atoms with E-state index >= 15 is 0 Å². The number of fused-ring (bicyclic) bond motifs is 1. The second kappa shape index (κ2) is 34.1. The summed E-state index contributed by atoms with van der Waals surface area (Å²) < 4.78 is 0. The minimum Gasteiger partial charge on any atom is -0.480 e. The van der Waals surface area contributed by atoms with Gasteiger partial charge in [-0.1, -0.05) is 45.9 Å². The van der Waals surface area contributed by atoms with Gasteiger partial charge in [0.2, 0.25) is 65.0 Å². The van der Waals surface area contributed by atoms with E-state index in [4.69, 9.17) is 17.2 Å². The molecule has 0 aliphatic carbocycles. The number of nitrogens with two attached hydrogens (primary N) is 3. The van der Waals surface area contributed by atoms with Crippen LogP contribution < -0.4 is 54.4 Å². The first-order chi connectivity index (χ1) is 44.4. The van der Waals surface area contributed by atoms with Gasteiger partial charge in [-0.3, -0.25) is 57.7 Å². The molecule has 0 bridgehead atoms. The quantitative estimate of drug-likeness (QED) is 0.0210. The number of nitrogens with zero attached hydrogens (tertiary/aromatic N) is 5. The predicted molar refractivity (Wildman–Crippen MR) is 344 cm³/mol. The molecule has 4 saturated heterocycles. The first kappa shape index (κ1) is 74.6. The molecule has 0 unspecified atom stereocenters. The number of aliphatic carboxylic acids is 1. The van der Waals surface area contributed by atoms with Crippen LogP contribution in [-0.2, 0) is 64.0 Å². The summed E-state index contributed by atoms with van der Waals surface area (Å²) in [7, 11) is 0. The molecule has 4 fully saturated rings. The maximum Gasteiger partial charge on any atom is 0.326 e. The lowest BCUT2D eigenvalue weighted by atomic mass is 9.98. The molecule has 1 aromatic heterocycles. The molecule has 94 heavy (non-hydrogen) atoms. The summed E-state index contributed by atoms with van der Waals surface area (Å²) in [5.41, 5.74) is 18.2. The van der Waals surface area contributed by atoms with Crippen molar-refractivity contribution in [2.75, 3.05) is 32.7 Å². The number of hydrogen-bond acceptors (Lipinski definition) is 16. The molecule has 31 heteroatoms. The number of guanidine groups is 1. The van der Waals surface area contributed by atoms with Crippen LogP contribution >= 0.6 is 0 Å². The van der Waals surface area contributed by atoms with Crippen molar-refractivity contribution in [1.82, 2.24) is 61.8 Å². The lowest BCUT2D eigenvalue weighted by Gasteiger charge is -2.35. The number of carboxylic acid groups (broad SMARTS) is 1. The number of carbonyl (C=O) groups excluding carboxylic acids is 11. The fourth-order valence-electron chi connectivity index (χ4n) is 12.7. The number of aliphatic hydroxyl groups is 2. The zero-order chi connectivity index (χ0) is 69.4. The molecular formula is C63H98N16O15. The van der Waals surface area contributed by atoms with Gasteiger partial charge in [0, 0.05) is 56.2 Å². The highest BCUT2D eigenvalue weighted by Crippen LogP contribution is 2.30. The number of amides is 11. The van der Waals surface area contributed by atoms with E-state index in [0.29, 0.717) is 31.2 Å². The van der Waals surface area contributed by atoms with Crippen LogP contribution in [-0.4, -0.2) is 234 Å². The van der Waals surface area contributed by atoms with E-state index in [2.05, 4.69) is 47.2 Å². The number of aliphatic imine (C=N–C) groups is 1. The van der Waals surface area contributed by atoms with Gasteiger partial charge >= 0.3 is 5.97 Å². The van der Waals surface area contributed by atoms with Crippen LogP contribution in [0.3, 0.4) is 0 Å². The van der Waals surface area contributed by atoms with Crippen LogP contribution in [0.2, 0.25) is 0 Å². The smallest absolute Gasteiger partial charge is 0.326 e. The van der Waals surface area contributed by atoms with Crippen molar-refractivity contribution in [2.45, 2.75) is 224 Å². The van der Waals surface area contributed by atoms with Crippen molar-refractivity contribution in [2.24, 2.45) is 34.0 Å². The molecule has 14 atom stereocenters. The number of likely N-dealkylation sites (tertiary alicyclic amines) is 4. The van der Waals surface area contributed by atoms with Crippen LogP contribution in [0.1, 0.15) is 138 Å². The van der Waals surface area contributed by atoms with E-state index in [1.54, 1.807) is 20.0 Å². The summed E-state index contributed by atoms with van der Waals surface area (Å²) in [6.45, 7) is 13.2. The molecule has 31 nitrogen and oxygen atoms in total. The molecule has 520 valence electrons. The third kappa shape index (κ3) is 19.6. The first-order valence-corrected chi connectivity index (χ1v) is 32.7. The molecule has 4 aliphatic rings. The molecule has 0 saturated carbocycles. The Morgan fingerprint density at radius 3 is 1.55 bits per heavy atom. The molecule has 1 aromatic carbocycles. The Morgan fingerprint density at radius 1 is 0.553 bits per heavy atom. The van der Waals surface area contributed by atoms with Gasteiger partial charge < -0.3 is 94.3 Å². The van der Waals surface area contributed by atoms with Gasteiger partial charge in [0.1, 0.15) is 66.5 Å². The number of carboxylic acids is 1. The summed E-state index contributed by atoms with van der Waals surface area (Å²) in [5.74, 6) is -9.88. The van der Waals surface area contributed by atoms with Gasteiger partial charge in [-0.15, -0.1) is 0 Å². The van der Waals surface area contributed by atoms with Crippen molar-refractivity contribution in [3.63, 3.8) is 0 Å². The molecule has 4 aliphatic heterocycles. The van der Waals surface area contributed by atoms with Gasteiger partial charge in [-0.05, 0) is 128 Å². The molecule has 0 spiro atoms. The highest BCUT2D eigenvalue weighted by atomic mass is 16.4. The van der Waals surface area contributed by atoms with E-state index in [1.165, 1.54) is 42.4 Å².